The molecule has 2 rings (SSSR count). The zero-order valence-corrected chi connectivity index (χ0v) is 12.9. The summed E-state index contributed by atoms with van der Waals surface area (Å²) in [6.07, 6.45) is 4.75. The van der Waals surface area contributed by atoms with Gasteiger partial charge in [0.05, 0.1) is 6.61 Å². The molecule has 1 heterocycles. The molecule has 2 aliphatic rings. The van der Waals surface area contributed by atoms with Crippen molar-refractivity contribution in [1.29, 1.82) is 0 Å². The van der Waals surface area contributed by atoms with Gasteiger partial charge >= 0.3 is 0 Å². The Kier molecular flexibility index (Phi) is 5.23. The smallest absolute Gasteiger partial charge is 0.0613 e. The van der Waals surface area contributed by atoms with E-state index < -0.39 is 0 Å². The van der Waals surface area contributed by atoms with Crippen molar-refractivity contribution in [2.24, 2.45) is 0 Å². The van der Waals surface area contributed by atoms with Gasteiger partial charge in [-0.2, -0.15) is 0 Å². The first kappa shape index (κ1) is 15.2. The topological polar surface area (TPSA) is 38.7 Å². The molecular formula is C15H31N3O. The number of hydrogen-bond acceptors (Lipinski definition) is 4. The maximum atomic E-state index is 9.60. The summed E-state index contributed by atoms with van der Waals surface area (Å²) >= 11 is 0. The lowest BCUT2D eigenvalue weighted by atomic mass is 9.99. The van der Waals surface area contributed by atoms with Crippen LogP contribution in [0.15, 0.2) is 0 Å². The van der Waals surface area contributed by atoms with Gasteiger partial charge in [0.2, 0.25) is 0 Å². The second kappa shape index (κ2) is 6.53. The molecule has 2 fully saturated rings. The van der Waals surface area contributed by atoms with Crippen LogP contribution >= 0.6 is 0 Å². The monoisotopic (exact) mass is 269 g/mol. The molecule has 3 unspecified atom stereocenters. The van der Waals surface area contributed by atoms with Gasteiger partial charge in [-0.25, -0.2) is 0 Å². The summed E-state index contributed by atoms with van der Waals surface area (Å²) in [7, 11) is 1.99. The zero-order chi connectivity index (χ0) is 13.9. The summed E-state index contributed by atoms with van der Waals surface area (Å²) in [6, 6.07) is 1.41. The minimum Gasteiger partial charge on any atom is -0.394 e. The predicted molar refractivity (Wildman–Crippen MR) is 79.4 cm³/mol. The van der Waals surface area contributed by atoms with Crippen LogP contribution in [0.5, 0.6) is 0 Å². The van der Waals surface area contributed by atoms with Gasteiger partial charge in [0.25, 0.3) is 0 Å². The highest BCUT2D eigenvalue weighted by atomic mass is 16.3. The largest absolute Gasteiger partial charge is 0.394 e. The molecule has 0 aromatic heterocycles. The van der Waals surface area contributed by atoms with E-state index >= 15 is 0 Å². The number of nitrogens with one attached hydrogen (secondary N) is 1. The Morgan fingerprint density at radius 3 is 2.58 bits per heavy atom. The van der Waals surface area contributed by atoms with E-state index in [9.17, 15) is 5.11 Å². The first-order chi connectivity index (χ1) is 9.18. The van der Waals surface area contributed by atoms with Crippen molar-refractivity contribution >= 4 is 0 Å². The van der Waals surface area contributed by atoms with Crippen LogP contribution in [-0.4, -0.2) is 72.4 Å². The van der Waals surface area contributed by atoms with E-state index in [0.29, 0.717) is 6.04 Å². The Bertz CT molecular complexity index is 277. The molecular weight excluding hydrogens is 238 g/mol. The van der Waals surface area contributed by atoms with E-state index in [4.69, 9.17) is 0 Å². The maximum Gasteiger partial charge on any atom is 0.0613 e. The Morgan fingerprint density at radius 2 is 2.05 bits per heavy atom. The fourth-order valence-corrected chi connectivity index (χ4v) is 4.00. The lowest BCUT2D eigenvalue weighted by Gasteiger charge is -2.30. The van der Waals surface area contributed by atoms with Crippen molar-refractivity contribution in [3.63, 3.8) is 0 Å². The summed E-state index contributed by atoms with van der Waals surface area (Å²) in [4.78, 5) is 5.25. The van der Waals surface area contributed by atoms with Crippen molar-refractivity contribution in [3.05, 3.63) is 0 Å². The molecule has 0 aromatic carbocycles. The molecule has 4 nitrogen and oxygen atoms in total. The van der Waals surface area contributed by atoms with Crippen LogP contribution in [0.3, 0.4) is 0 Å². The molecule has 1 aliphatic heterocycles. The van der Waals surface area contributed by atoms with Crippen LogP contribution in [0.25, 0.3) is 0 Å². The van der Waals surface area contributed by atoms with E-state index in [1.165, 1.54) is 25.9 Å². The van der Waals surface area contributed by atoms with Crippen molar-refractivity contribution in [2.45, 2.75) is 57.2 Å². The number of hydrogen-bond donors (Lipinski definition) is 2. The van der Waals surface area contributed by atoms with Gasteiger partial charge in [0, 0.05) is 30.7 Å². The Labute approximate surface area is 118 Å². The first-order valence-electron chi connectivity index (χ1n) is 7.96. The number of likely N-dealkylation sites (N-methyl/N-ethyl adjacent to an activating group) is 2. The summed E-state index contributed by atoms with van der Waals surface area (Å²) in [5.74, 6) is 0. The Balaban J connectivity index is 1.88. The van der Waals surface area contributed by atoms with E-state index in [-0.39, 0.29) is 12.1 Å². The normalized spacial score (nSPS) is 36.5. The van der Waals surface area contributed by atoms with E-state index in [2.05, 4.69) is 29.0 Å². The standard InChI is InChI=1S/C15H31N3O/c1-4-17(5-2)14-7-9-18(11-14)13-6-8-15(10-13,12-19)16-3/h13-14,16,19H,4-12H2,1-3H3. The summed E-state index contributed by atoms with van der Waals surface area (Å²) in [5.41, 5.74) is -0.0159. The van der Waals surface area contributed by atoms with Gasteiger partial charge in [-0.3, -0.25) is 9.80 Å². The van der Waals surface area contributed by atoms with Crippen LogP contribution in [0.2, 0.25) is 0 Å². The van der Waals surface area contributed by atoms with Crippen molar-refractivity contribution in [3.8, 4) is 0 Å². The number of aliphatic hydroxyl groups excluding tert-OH is 1. The highest BCUT2D eigenvalue weighted by Gasteiger charge is 2.41. The minimum atomic E-state index is -0.0159. The molecule has 1 saturated carbocycles. The molecule has 0 amide bonds. The fraction of sp³-hybridized carbons (Fsp3) is 1.00. The lowest BCUT2D eigenvalue weighted by Crippen LogP contribution is -2.46. The van der Waals surface area contributed by atoms with Crippen molar-refractivity contribution in [1.82, 2.24) is 15.1 Å². The average Bonchev–Trinajstić information content (AvgIpc) is 3.07. The minimum absolute atomic E-state index is 0.0159. The Morgan fingerprint density at radius 1 is 1.32 bits per heavy atom. The number of rotatable bonds is 6. The maximum absolute atomic E-state index is 9.60. The van der Waals surface area contributed by atoms with Gasteiger partial charge in [0.1, 0.15) is 0 Å². The third kappa shape index (κ3) is 3.13. The van der Waals surface area contributed by atoms with E-state index in [1.54, 1.807) is 0 Å². The molecule has 2 N–H and O–H groups in total. The van der Waals surface area contributed by atoms with Gasteiger partial charge in [0.15, 0.2) is 0 Å². The van der Waals surface area contributed by atoms with Crippen LogP contribution in [0, 0.1) is 0 Å². The molecule has 19 heavy (non-hydrogen) atoms. The zero-order valence-electron chi connectivity index (χ0n) is 12.9. The molecule has 0 spiro atoms. The van der Waals surface area contributed by atoms with Crippen LogP contribution in [0.1, 0.15) is 39.5 Å². The summed E-state index contributed by atoms with van der Waals surface area (Å²) in [6.45, 7) is 9.58. The first-order valence-corrected chi connectivity index (χ1v) is 7.96. The van der Waals surface area contributed by atoms with E-state index in [1.807, 2.05) is 7.05 Å². The third-order valence-corrected chi connectivity index (χ3v) is 5.46. The SMILES string of the molecule is CCN(CC)C1CCN(C2CCC(CO)(NC)C2)C1. The van der Waals surface area contributed by atoms with Crippen LogP contribution in [-0.2, 0) is 0 Å². The third-order valence-electron chi connectivity index (χ3n) is 5.46. The summed E-state index contributed by atoms with van der Waals surface area (Å²) in [5, 5.41) is 13.0. The lowest BCUT2D eigenvalue weighted by molar-refractivity contribution is 0.151. The van der Waals surface area contributed by atoms with Crippen molar-refractivity contribution in [2.75, 3.05) is 39.8 Å². The van der Waals surface area contributed by atoms with Gasteiger partial charge in [-0.1, -0.05) is 13.8 Å². The second-order valence-corrected chi connectivity index (χ2v) is 6.24. The van der Waals surface area contributed by atoms with E-state index in [0.717, 1.165) is 32.0 Å². The molecule has 0 aromatic rings. The molecule has 1 saturated heterocycles. The average molecular weight is 269 g/mol. The second-order valence-electron chi connectivity index (χ2n) is 6.24. The molecule has 0 bridgehead atoms. The predicted octanol–water partition coefficient (Wildman–Crippen LogP) is 0.906. The fourth-order valence-electron chi connectivity index (χ4n) is 4.00. The Hall–Kier alpha value is -0.160. The molecule has 0 radical (unpaired) electrons. The number of likely N-dealkylation sites (tertiary alicyclic amines) is 1. The van der Waals surface area contributed by atoms with Gasteiger partial charge in [-0.05, 0) is 45.8 Å². The quantitative estimate of drug-likeness (QED) is 0.752. The highest BCUT2D eigenvalue weighted by molar-refractivity contribution is 5.00. The highest BCUT2D eigenvalue weighted by Crippen LogP contribution is 2.34. The molecule has 3 atom stereocenters. The van der Waals surface area contributed by atoms with Gasteiger partial charge < -0.3 is 10.4 Å². The van der Waals surface area contributed by atoms with Crippen LogP contribution < -0.4 is 5.32 Å². The van der Waals surface area contributed by atoms with Crippen molar-refractivity contribution < 1.29 is 5.11 Å². The summed E-state index contributed by atoms with van der Waals surface area (Å²) < 4.78 is 0. The number of aliphatic hydroxyl groups is 1. The van der Waals surface area contributed by atoms with Crippen LogP contribution in [0.4, 0.5) is 0 Å². The molecule has 4 heteroatoms. The number of nitrogens with zero attached hydrogens (tertiary/aromatic N) is 2. The molecule has 1 aliphatic carbocycles. The van der Waals surface area contributed by atoms with Gasteiger partial charge in [-0.15, -0.1) is 0 Å². The molecule has 112 valence electrons.